The summed E-state index contributed by atoms with van der Waals surface area (Å²) in [6, 6.07) is 6.84. The van der Waals surface area contributed by atoms with Crippen LogP contribution >= 0.6 is 11.6 Å². The molecule has 2 atom stereocenters. The molecule has 1 N–H and O–H groups in total. The third-order valence-corrected chi connectivity index (χ3v) is 6.17. The molecule has 1 aliphatic heterocycles. The molecule has 1 aromatic rings. The van der Waals surface area contributed by atoms with Gasteiger partial charge in [-0.15, -0.1) is 0 Å². The van der Waals surface area contributed by atoms with Crippen LogP contribution in [0.25, 0.3) is 0 Å². The number of carbonyl (C=O) groups is 1. The fourth-order valence-corrected chi connectivity index (χ4v) is 3.78. The van der Waals surface area contributed by atoms with Crippen molar-refractivity contribution < 1.29 is 17.9 Å². The summed E-state index contributed by atoms with van der Waals surface area (Å²) >= 11 is 6.05. The quantitative estimate of drug-likeness (QED) is 0.818. The number of halogens is 1. The van der Waals surface area contributed by atoms with E-state index < -0.39 is 10.0 Å². The van der Waals surface area contributed by atoms with Gasteiger partial charge in [-0.05, 0) is 11.6 Å². The number of hydrogen-bond acceptors (Lipinski definition) is 4. The van der Waals surface area contributed by atoms with E-state index in [1.54, 1.807) is 18.2 Å². The predicted octanol–water partition coefficient (Wildman–Crippen LogP) is 0.905. The second-order valence-electron chi connectivity index (χ2n) is 5.80. The van der Waals surface area contributed by atoms with Gasteiger partial charge in [0.05, 0.1) is 31.4 Å². The van der Waals surface area contributed by atoms with Gasteiger partial charge in [0.25, 0.3) is 0 Å². The van der Waals surface area contributed by atoms with Crippen molar-refractivity contribution in [3.63, 3.8) is 0 Å². The number of ether oxygens (including phenoxy) is 1. The second kappa shape index (κ2) is 7.61. The highest BCUT2D eigenvalue weighted by atomic mass is 35.5. The maximum Gasteiger partial charge on any atom is 0.224 e. The van der Waals surface area contributed by atoms with E-state index in [0.717, 1.165) is 5.56 Å². The number of carbonyl (C=O) groups excluding carboxylic acids is 1. The predicted molar refractivity (Wildman–Crippen MR) is 88.9 cm³/mol. The number of hydrogen-bond donors (Lipinski definition) is 1. The van der Waals surface area contributed by atoms with Crippen LogP contribution in [0, 0.1) is 5.92 Å². The van der Waals surface area contributed by atoms with Gasteiger partial charge in [-0.3, -0.25) is 4.79 Å². The van der Waals surface area contributed by atoms with E-state index >= 15 is 0 Å². The van der Waals surface area contributed by atoms with E-state index in [2.05, 4.69) is 5.32 Å². The van der Waals surface area contributed by atoms with Gasteiger partial charge in [-0.2, -0.15) is 0 Å². The molecule has 1 aromatic carbocycles. The Balaban J connectivity index is 1.96. The number of rotatable bonds is 6. The molecular weight excluding hydrogens is 340 g/mol. The summed E-state index contributed by atoms with van der Waals surface area (Å²) < 4.78 is 30.5. The van der Waals surface area contributed by atoms with Gasteiger partial charge in [0.1, 0.15) is 0 Å². The standard InChI is InChI=1S/C15H21ClN2O4S/c1-18(2)23(20,21)10-12-8-22-9-14(12)17-15(19)7-11-5-3-4-6-13(11)16/h3-6,12,14H,7-10H2,1-2H3,(H,17,19)/t12-,14+/m0/s1. The Morgan fingerprint density at radius 2 is 2.04 bits per heavy atom. The minimum atomic E-state index is -3.34. The normalized spacial score (nSPS) is 21.6. The van der Waals surface area contributed by atoms with E-state index in [4.69, 9.17) is 16.3 Å². The topological polar surface area (TPSA) is 75.7 Å². The van der Waals surface area contributed by atoms with Crippen LogP contribution in [0.5, 0.6) is 0 Å². The summed E-state index contributed by atoms with van der Waals surface area (Å²) in [4.78, 5) is 12.2. The Hall–Kier alpha value is -1.15. The molecule has 0 spiro atoms. The third-order valence-electron chi connectivity index (χ3n) is 3.83. The van der Waals surface area contributed by atoms with Crippen molar-refractivity contribution in [2.45, 2.75) is 12.5 Å². The van der Waals surface area contributed by atoms with Gasteiger partial charge in [0, 0.05) is 25.0 Å². The first-order valence-electron chi connectivity index (χ1n) is 7.30. The first-order valence-corrected chi connectivity index (χ1v) is 9.29. The zero-order valence-corrected chi connectivity index (χ0v) is 14.7. The van der Waals surface area contributed by atoms with E-state index in [1.807, 2.05) is 6.07 Å². The van der Waals surface area contributed by atoms with Crippen LogP contribution in [0.4, 0.5) is 0 Å². The van der Waals surface area contributed by atoms with E-state index in [9.17, 15) is 13.2 Å². The Morgan fingerprint density at radius 1 is 1.35 bits per heavy atom. The van der Waals surface area contributed by atoms with Gasteiger partial charge < -0.3 is 10.1 Å². The first-order chi connectivity index (χ1) is 10.8. The van der Waals surface area contributed by atoms with E-state index in [1.165, 1.54) is 18.4 Å². The molecule has 23 heavy (non-hydrogen) atoms. The van der Waals surface area contributed by atoms with Gasteiger partial charge in [0.2, 0.25) is 15.9 Å². The second-order valence-corrected chi connectivity index (χ2v) is 8.44. The summed E-state index contributed by atoms with van der Waals surface area (Å²) in [6.07, 6.45) is 0.156. The summed E-state index contributed by atoms with van der Waals surface area (Å²) in [5, 5.41) is 3.40. The fraction of sp³-hybridized carbons (Fsp3) is 0.533. The molecule has 1 saturated heterocycles. The SMILES string of the molecule is CN(C)S(=O)(=O)C[C@@H]1COC[C@H]1NC(=O)Cc1ccccc1Cl. The lowest BCUT2D eigenvalue weighted by molar-refractivity contribution is -0.121. The molecule has 6 nitrogen and oxygen atoms in total. The van der Waals surface area contributed by atoms with Crippen molar-refractivity contribution in [3.05, 3.63) is 34.9 Å². The average Bonchev–Trinajstić information content (AvgIpc) is 2.87. The number of benzene rings is 1. The van der Waals surface area contributed by atoms with Crippen molar-refractivity contribution in [1.29, 1.82) is 0 Å². The highest BCUT2D eigenvalue weighted by molar-refractivity contribution is 7.89. The number of nitrogens with one attached hydrogen (secondary N) is 1. The average molecular weight is 361 g/mol. The minimum Gasteiger partial charge on any atom is -0.379 e. The lowest BCUT2D eigenvalue weighted by Gasteiger charge is -2.21. The van der Waals surface area contributed by atoms with Crippen LogP contribution in [0.2, 0.25) is 5.02 Å². The zero-order chi connectivity index (χ0) is 17.0. The molecule has 1 heterocycles. The van der Waals surface area contributed by atoms with E-state index in [-0.39, 0.29) is 30.0 Å². The summed E-state index contributed by atoms with van der Waals surface area (Å²) in [5.74, 6) is -0.490. The molecule has 2 rings (SSSR count). The Kier molecular flexibility index (Phi) is 6.02. The number of amides is 1. The molecule has 0 aliphatic carbocycles. The van der Waals surface area contributed by atoms with Crippen LogP contribution in [0.3, 0.4) is 0 Å². The van der Waals surface area contributed by atoms with Crippen LogP contribution in [0.1, 0.15) is 5.56 Å². The minimum absolute atomic E-state index is 0.0446. The third kappa shape index (κ3) is 4.91. The molecule has 0 unspecified atom stereocenters. The van der Waals surface area contributed by atoms with Crippen LogP contribution < -0.4 is 5.32 Å². The molecule has 0 aromatic heterocycles. The van der Waals surface area contributed by atoms with Crippen molar-refractivity contribution in [1.82, 2.24) is 9.62 Å². The number of sulfonamides is 1. The van der Waals surface area contributed by atoms with Crippen LogP contribution in [-0.4, -0.2) is 57.7 Å². The molecule has 1 fully saturated rings. The maximum atomic E-state index is 12.2. The molecule has 0 bridgehead atoms. The lowest BCUT2D eigenvalue weighted by Crippen LogP contribution is -2.44. The molecular formula is C15H21ClN2O4S. The number of nitrogens with zero attached hydrogens (tertiary/aromatic N) is 1. The highest BCUT2D eigenvalue weighted by Gasteiger charge is 2.34. The van der Waals surface area contributed by atoms with E-state index in [0.29, 0.717) is 18.2 Å². The fourth-order valence-electron chi connectivity index (χ4n) is 2.41. The van der Waals surface area contributed by atoms with Gasteiger partial charge >= 0.3 is 0 Å². The summed E-state index contributed by atoms with van der Waals surface area (Å²) in [7, 11) is -0.343. The van der Waals surface area contributed by atoms with Crippen molar-refractivity contribution in [2.75, 3.05) is 33.1 Å². The Morgan fingerprint density at radius 3 is 2.70 bits per heavy atom. The first kappa shape index (κ1) is 18.2. The van der Waals surface area contributed by atoms with Gasteiger partial charge in [0.15, 0.2) is 0 Å². The molecule has 128 valence electrons. The highest BCUT2D eigenvalue weighted by Crippen LogP contribution is 2.19. The summed E-state index contributed by atoms with van der Waals surface area (Å²) in [6.45, 7) is 0.645. The Labute approximate surface area is 141 Å². The maximum absolute atomic E-state index is 12.2. The molecule has 8 heteroatoms. The van der Waals surface area contributed by atoms with Crippen molar-refractivity contribution in [2.24, 2.45) is 5.92 Å². The molecule has 1 amide bonds. The largest absolute Gasteiger partial charge is 0.379 e. The molecule has 1 aliphatic rings. The van der Waals surface area contributed by atoms with Gasteiger partial charge in [-0.25, -0.2) is 12.7 Å². The molecule has 0 saturated carbocycles. The monoisotopic (exact) mass is 360 g/mol. The van der Waals surface area contributed by atoms with Crippen molar-refractivity contribution in [3.8, 4) is 0 Å². The summed E-state index contributed by atoms with van der Waals surface area (Å²) in [5.41, 5.74) is 0.739. The van der Waals surface area contributed by atoms with Crippen molar-refractivity contribution >= 4 is 27.5 Å². The van der Waals surface area contributed by atoms with Gasteiger partial charge in [-0.1, -0.05) is 29.8 Å². The van der Waals surface area contributed by atoms with Crippen LogP contribution in [-0.2, 0) is 26.0 Å². The Bertz CT molecular complexity index is 663. The smallest absolute Gasteiger partial charge is 0.224 e. The lowest BCUT2D eigenvalue weighted by atomic mass is 10.1. The van der Waals surface area contributed by atoms with Crippen LogP contribution in [0.15, 0.2) is 24.3 Å². The zero-order valence-electron chi connectivity index (χ0n) is 13.2. The molecule has 0 radical (unpaired) electrons.